The smallest absolute Gasteiger partial charge is 0.416 e. The molecule has 0 radical (unpaired) electrons. The Hall–Kier alpha value is -1.23. The zero-order valence-electron chi connectivity index (χ0n) is 13.1. The molecule has 0 aliphatic rings. The maximum absolute atomic E-state index is 12.6. The fourth-order valence-corrected chi connectivity index (χ4v) is 1.89. The van der Waals surface area contributed by atoms with Crippen molar-refractivity contribution < 1.29 is 17.9 Å². The third kappa shape index (κ3) is 7.37. The summed E-state index contributed by atoms with van der Waals surface area (Å²) in [4.78, 5) is 0. The van der Waals surface area contributed by atoms with Gasteiger partial charge in [0.2, 0.25) is 0 Å². The van der Waals surface area contributed by atoms with Crippen LogP contribution in [0.5, 0.6) is 5.75 Å². The van der Waals surface area contributed by atoms with Gasteiger partial charge in [0, 0.05) is 5.54 Å². The Kier molecular flexibility index (Phi) is 6.08. The maximum Gasteiger partial charge on any atom is 0.416 e. The number of rotatable bonds is 6. The van der Waals surface area contributed by atoms with Crippen molar-refractivity contribution in [2.45, 2.75) is 58.4 Å². The van der Waals surface area contributed by atoms with E-state index in [-0.39, 0.29) is 17.4 Å². The summed E-state index contributed by atoms with van der Waals surface area (Å²) in [5.74, 6) is 0.265. The number of benzene rings is 1. The van der Waals surface area contributed by atoms with E-state index in [0.29, 0.717) is 0 Å². The topological polar surface area (TPSA) is 21.3 Å². The molecule has 0 heterocycles. The largest absolute Gasteiger partial charge is 0.491 e. The molecular weight excluding hydrogens is 279 g/mol. The normalized spacial score (nSPS) is 14.0. The van der Waals surface area contributed by atoms with Crippen LogP contribution in [0, 0.1) is 0 Å². The Balaban J connectivity index is 2.43. The predicted molar refractivity (Wildman–Crippen MR) is 78.5 cm³/mol. The quantitative estimate of drug-likeness (QED) is 0.773. The second-order valence-corrected chi connectivity index (χ2v) is 6.27. The molecule has 0 bridgehead atoms. The summed E-state index contributed by atoms with van der Waals surface area (Å²) in [5, 5.41) is 3.37. The Morgan fingerprint density at radius 1 is 1.19 bits per heavy atom. The van der Waals surface area contributed by atoms with Gasteiger partial charge in [0.1, 0.15) is 5.75 Å². The summed E-state index contributed by atoms with van der Waals surface area (Å²) < 4.78 is 43.4. The second-order valence-electron chi connectivity index (χ2n) is 6.27. The molecule has 1 atom stereocenters. The monoisotopic (exact) mass is 303 g/mol. The summed E-state index contributed by atoms with van der Waals surface area (Å²) in [5.41, 5.74) is -0.605. The highest BCUT2D eigenvalue weighted by Crippen LogP contribution is 2.31. The summed E-state index contributed by atoms with van der Waals surface area (Å²) in [7, 11) is 0. The highest BCUT2D eigenvalue weighted by molar-refractivity contribution is 5.30. The molecule has 5 heteroatoms. The lowest BCUT2D eigenvalue weighted by molar-refractivity contribution is -0.137. The first-order valence-electron chi connectivity index (χ1n) is 7.17. The zero-order valence-corrected chi connectivity index (χ0v) is 13.1. The van der Waals surface area contributed by atoms with Crippen LogP contribution in [-0.4, -0.2) is 18.2 Å². The lowest BCUT2D eigenvalue weighted by Crippen LogP contribution is -2.36. The van der Waals surface area contributed by atoms with E-state index in [4.69, 9.17) is 4.74 Å². The summed E-state index contributed by atoms with van der Waals surface area (Å²) in [6.07, 6.45) is -2.74. The maximum atomic E-state index is 12.6. The average molecular weight is 303 g/mol. The molecule has 0 aliphatic heterocycles. The van der Waals surface area contributed by atoms with Gasteiger partial charge in [0.15, 0.2) is 0 Å². The Bertz CT molecular complexity index is 438. The molecule has 1 rings (SSSR count). The van der Waals surface area contributed by atoms with Gasteiger partial charge in [-0.1, -0.05) is 6.07 Å². The molecule has 1 unspecified atom stereocenters. The molecule has 0 aromatic heterocycles. The average Bonchev–Trinajstić information content (AvgIpc) is 2.33. The fraction of sp³-hybridized carbons (Fsp3) is 0.625. The third-order valence-corrected chi connectivity index (χ3v) is 2.94. The van der Waals surface area contributed by atoms with E-state index in [1.165, 1.54) is 6.07 Å². The first-order valence-corrected chi connectivity index (χ1v) is 7.17. The summed E-state index contributed by atoms with van der Waals surface area (Å²) in [6.45, 7) is 9.01. The van der Waals surface area contributed by atoms with Crippen molar-refractivity contribution in [3.8, 4) is 5.75 Å². The van der Waals surface area contributed by atoms with Crippen LogP contribution < -0.4 is 10.1 Å². The van der Waals surface area contributed by atoms with Gasteiger partial charge in [-0.25, -0.2) is 0 Å². The molecule has 0 aliphatic carbocycles. The second kappa shape index (κ2) is 7.16. The number of alkyl halides is 3. The SMILES string of the molecule is CC(CCCNC(C)(C)C)Oc1cccc(C(F)(F)F)c1. The molecule has 2 nitrogen and oxygen atoms in total. The van der Waals surface area contributed by atoms with Gasteiger partial charge < -0.3 is 10.1 Å². The highest BCUT2D eigenvalue weighted by Gasteiger charge is 2.30. The highest BCUT2D eigenvalue weighted by atomic mass is 19.4. The van der Waals surface area contributed by atoms with Crippen molar-refractivity contribution in [3.63, 3.8) is 0 Å². The molecule has 0 amide bonds. The van der Waals surface area contributed by atoms with Crippen molar-refractivity contribution in [1.29, 1.82) is 0 Å². The van der Waals surface area contributed by atoms with Crippen molar-refractivity contribution in [2.75, 3.05) is 6.54 Å². The zero-order chi connectivity index (χ0) is 16.1. The first-order chi connectivity index (χ1) is 9.58. The Morgan fingerprint density at radius 2 is 1.86 bits per heavy atom. The number of ether oxygens (including phenoxy) is 1. The van der Waals surface area contributed by atoms with Crippen LogP contribution in [0.2, 0.25) is 0 Å². The Morgan fingerprint density at radius 3 is 2.43 bits per heavy atom. The number of halogens is 3. The van der Waals surface area contributed by atoms with E-state index in [9.17, 15) is 13.2 Å². The van der Waals surface area contributed by atoms with E-state index in [1.54, 1.807) is 6.07 Å². The number of nitrogens with one attached hydrogen (secondary N) is 1. The van der Waals surface area contributed by atoms with E-state index in [1.807, 2.05) is 6.92 Å². The molecule has 0 saturated heterocycles. The van der Waals surface area contributed by atoms with Crippen LogP contribution in [0.4, 0.5) is 13.2 Å². The molecule has 21 heavy (non-hydrogen) atoms. The molecular formula is C16H24F3NO. The fourth-order valence-electron chi connectivity index (χ4n) is 1.89. The minimum absolute atomic E-state index is 0.0745. The van der Waals surface area contributed by atoms with Gasteiger partial charge >= 0.3 is 6.18 Å². The lowest BCUT2D eigenvalue weighted by Gasteiger charge is -2.21. The van der Waals surface area contributed by atoms with Crippen LogP contribution in [-0.2, 0) is 6.18 Å². The lowest BCUT2D eigenvalue weighted by atomic mass is 10.1. The van der Waals surface area contributed by atoms with E-state index < -0.39 is 11.7 Å². The molecule has 1 aromatic rings. The van der Waals surface area contributed by atoms with Crippen LogP contribution in [0.1, 0.15) is 46.1 Å². The Labute approximate surface area is 124 Å². The van der Waals surface area contributed by atoms with Crippen LogP contribution in [0.3, 0.4) is 0 Å². The summed E-state index contributed by atoms with van der Waals surface area (Å²) in [6, 6.07) is 5.01. The van der Waals surface area contributed by atoms with E-state index >= 15 is 0 Å². The summed E-state index contributed by atoms with van der Waals surface area (Å²) >= 11 is 0. The molecule has 120 valence electrons. The molecule has 0 spiro atoms. The van der Waals surface area contributed by atoms with Crippen LogP contribution in [0.25, 0.3) is 0 Å². The standard InChI is InChI=1S/C16H24F3NO/c1-12(7-6-10-20-15(2,3)4)21-14-9-5-8-13(11-14)16(17,18)19/h5,8-9,11-12,20H,6-7,10H2,1-4H3. The van der Waals surface area contributed by atoms with E-state index in [0.717, 1.165) is 31.5 Å². The van der Waals surface area contributed by atoms with Gasteiger partial charge in [0.05, 0.1) is 11.7 Å². The van der Waals surface area contributed by atoms with Gasteiger partial charge in [0.25, 0.3) is 0 Å². The van der Waals surface area contributed by atoms with Crippen LogP contribution in [0.15, 0.2) is 24.3 Å². The van der Waals surface area contributed by atoms with Gasteiger partial charge in [-0.15, -0.1) is 0 Å². The predicted octanol–water partition coefficient (Wildman–Crippen LogP) is 4.64. The number of hydrogen-bond donors (Lipinski definition) is 1. The van der Waals surface area contributed by atoms with E-state index in [2.05, 4.69) is 26.1 Å². The van der Waals surface area contributed by atoms with Gasteiger partial charge in [-0.3, -0.25) is 0 Å². The number of hydrogen-bond acceptors (Lipinski definition) is 2. The third-order valence-electron chi connectivity index (χ3n) is 2.94. The molecule has 0 saturated carbocycles. The van der Waals surface area contributed by atoms with Crippen LogP contribution >= 0.6 is 0 Å². The van der Waals surface area contributed by atoms with Gasteiger partial charge in [-0.05, 0) is 65.3 Å². The molecule has 1 aromatic carbocycles. The first kappa shape index (κ1) is 17.8. The molecule has 0 fully saturated rings. The van der Waals surface area contributed by atoms with Crippen molar-refractivity contribution in [1.82, 2.24) is 5.32 Å². The molecule has 1 N–H and O–H groups in total. The van der Waals surface area contributed by atoms with Crippen molar-refractivity contribution >= 4 is 0 Å². The minimum Gasteiger partial charge on any atom is -0.491 e. The minimum atomic E-state index is -4.33. The van der Waals surface area contributed by atoms with Crippen molar-refractivity contribution in [2.24, 2.45) is 0 Å². The van der Waals surface area contributed by atoms with Gasteiger partial charge in [-0.2, -0.15) is 13.2 Å². The van der Waals surface area contributed by atoms with Crippen molar-refractivity contribution in [3.05, 3.63) is 29.8 Å².